The van der Waals surface area contributed by atoms with E-state index in [1.165, 1.54) is 32.1 Å². The monoisotopic (exact) mass is 189 g/mol. The molecule has 0 heterocycles. The van der Waals surface area contributed by atoms with Gasteiger partial charge in [-0.25, -0.2) is 0 Å². The molecule has 3 heteroatoms. The number of hydrogen-bond donors (Lipinski definition) is 1. The lowest BCUT2D eigenvalue weighted by Crippen LogP contribution is -2.10. The Labute approximate surface area is 78.6 Å². The minimum atomic E-state index is 0.317. The third-order valence-corrected chi connectivity index (χ3v) is 2.92. The molecule has 1 fully saturated rings. The Kier molecular flexibility index (Phi) is 4.44. The van der Waals surface area contributed by atoms with Gasteiger partial charge in [0.1, 0.15) is 5.17 Å². The van der Waals surface area contributed by atoms with Crippen LogP contribution >= 0.6 is 11.6 Å². The number of rotatable bonds is 1. The lowest BCUT2D eigenvalue weighted by Gasteiger charge is -2.16. The molecular weight excluding hydrogens is 174 g/mol. The lowest BCUT2D eigenvalue weighted by atomic mass is 9.92. The third kappa shape index (κ3) is 3.02. The van der Waals surface area contributed by atoms with Crippen LogP contribution in [0.5, 0.6) is 0 Å². The second kappa shape index (κ2) is 5.41. The first-order valence-corrected chi connectivity index (χ1v) is 5.10. The molecule has 0 aromatic rings. The third-order valence-electron chi connectivity index (χ3n) is 2.54. The molecule has 0 unspecified atom stereocenters. The van der Waals surface area contributed by atoms with Gasteiger partial charge in [-0.2, -0.15) is 0 Å². The predicted octanol–water partition coefficient (Wildman–Crippen LogP) is 3.37. The summed E-state index contributed by atoms with van der Waals surface area (Å²) in [5.41, 5.74) is 0. The van der Waals surface area contributed by atoms with Crippen LogP contribution in [0.15, 0.2) is 5.16 Å². The van der Waals surface area contributed by atoms with Crippen LogP contribution in [0.2, 0.25) is 0 Å². The van der Waals surface area contributed by atoms with Crippen molar-refractivity contribution in [2.45, 2.75) is 44.9 Å². The molecule has 0 saturated heterocycles. The number of hydrogen-bond acceptors (Lipinski definition) is 2. The van der Waals surface area contributed by atoms with Crippen LogP contribution < -0.4 is 0 Å². The van der Waals surface area contributed by atoms with Crippen molar-refractivity contribution in [1.82, 2.24) is 0 Å². The van der Waals surface area contributed by atoms with E-state index in [9.17, 15) is 0 Å². The van der Waals surface area contributed by atoms with Crippen LogP contribution in [0, 0.1) is 5.92 Å². The van der Waals surface area contributed by atoms with Crippen LogP contribution in [-0.4, -0.2) is 10.4 Å². The van der Waals surface area contributed by atoms with Gasteiger partial charge in [0.05, 0.1) is 0 Å². The van der Waals surface area contributed by atoms with Crippen molar-refractivity contribution in [3.8, 4) is 0 Å². The number of nitrogens with zero attached hydrogens (tertiary/aromatic N) is 1. The maximum absolute atomic E-state index is 8.51. The SMILES string of the molecule is O/N=C(\Cl)C1CCCCCCC1. The average Bonchev–Trinajstić information content (AvgIpc) is 2.02. The van der Waals surface area contributed by atoms with E-state index in [0.29, 0.717) is 11.1 Å². The van der Waals surface area contributed by atoms with Gasteiger partial charge in [0.15, 0.2) is 0 Å². The highest BCUT2D eigenvalue weighted by Crippen LogP contribution is 2.24. The van der Waals surface area contributed by atoms with E-state index in [1.807, 2.05) is 0 Å². The first-order chi connectivity index (χ1) is 5.84. The fourth-order valence-electron chi connectivity index (χ4n) is 1.78. The molecule has 0 radical (unpaired) electrons. The standard InChI is InChI=1S/C9H16ClNO/c10-9(11-12)8-6-4-2-1-3-5-7-8/h8,12H,1-7H2/b11-9-. The summed E-state index contributed by atoms with van der Waals surface area (Å²) < 4.78 is 0. The molecule has 1 aliphatic rings. The fourth-order valence-corrected chi connectivity index (χ4v) is 1.99. The Hall–Kier alpha value is -0.240. The quantitative estimate of drug-likeness (QED) is 0.383. The predicted molar refractivity (Wildman–Crippen MR) is 50.9 cm³/mol. The maximum atomic E-state index is 8.51. The Morgan fingerprint density at radius 3 is 2.08 bits per heavy atom. The van der Waals surface area contributed by atoms with Gasteiger partial charge in [0, 0.05) is 5.92 Å². The van der Waals surface area contributed by atoms with Crippen LogP contribution in [0.1, 0.15) is 44.9 Å². The molecule has 0 amide bonds. The molecule has 12 heavy (non-hydrogen) atoms. The number of halogens is 1. The minimum absolute atomic E-state index is 0.317. The number of oxime groups is 1. The summed E-state index contributed by atoms with van der Waals surface area (Å²) in [4.78, 5) is 0. The Bertz CT molecular complexity index is 151. The smallest absolute Gasteiger partial charge is 0.148 e. The van der Waals surface area contributed by atoms with E-state index in [4.69, 9.17) is 16.8 Å². The minimum Gasteiger partial charge on any atom is -0.410 e. The van der Waals surface area contributed by atoms with E-state index >= 15 is 0 Å². The van der Waals surface area contributed by atoms with Crippen LogP contribution in [0.4, 0.5) is 0 Å². The van der Waals surface area contributed by atoms with Crippen molar-refractivity contribution in [3.63, 3.8) is 0 Å². The summed E-state index contributed by atoms with van der Waals surface area (Å²) in [5, 5.41) is 12.0. The molecule has 0 atom stereocenters. The summed E-state index contributed by atoms with van der Waals surface area (Å²) in [7, 11) is 0. The van der Waals surface area contributed by atoms with E-state index in [1.54, 1.807) is 0 Å². The van der Waals surface area contributed by atoms with Gasteiger partial charge in [-0.15, -0.1) is 0 Å². The Balaban J connectivity index is 2.39. The topological polar surface area (TPSA) is 32.6 Å². The highest BCUT2D eigenvalue weighted by Gasteiger charge is 2.15. The summed E-state index contributed by atoms with van der Waals surface area (Å²) in [6, 6.07) is 0. The molecule has 0 aliphatic heterocycles. The molecule has 0 bridgehead atoms. The van der Waals surface area contributed by atoms with Gasteiger partial charge in [-0.05, 0) is 12.8 Å². The molecule has 0 aromatic heterocycles. The largest absolute Gasteiger partial charge is 0.410 e. The molecular formula is C9H16ClNO. The molecule has 1 saturated carbocycles. The second-order valence-corrected chi connectivity index (χ2v) is 3.85. The van der Waals surface area contributed by atoms with Crippen molar-refractivity contribution in [2.24, 2.45) is 11.1 Å². The Morgan fingerprint density at radius 2 is 1.58 bits per heavy atom. The van der Waals surface area contributed by atoms with Gasteiger partial charge in [-0.3, -0.25) is 0 Å². The zero-order valence-corrected chi connectivity index (χ0v) is 8.06. The van der Waals surface area contributed by atoms with Crippen molar-refractivity contribution in [3.05, 3.63) is 0 Å². The van der Waals surface area contributed by atoms with Gasteiger partial charge < -0.3 is 5.21 Å². The first kappa shape index (κ1) is 9.85. The molecule has 70 valence electrons. The second-order valence-electron chi connectivity index (χ2n) is 3.46. The van der Waals surface area contributed by atoms with E-state index < -0.39 is 0 Å². The highest BCUT2D eigenvalue weighted by atomic mass is 35.5. The van der Waals surface area contributed by atoms with Gasteiger partial charge in [0.2, 0.25) is 0 Å². The van der Waals surface area contributed by atoms with E-state index in [2.05, 4.69) is 5.16 Å². The molecule has 1 rings (SSSR count). The van der Waals surface area contributed by atoms with Crippen molar-refractivity contribution < 1.29 is 5.21 Å². The zero-order valence-electron chi connectivity index (χ0n) is 7.30. The fraction of sp³-hybridized carbons (Fsp3) is 0.889. The van der Waals surface area contributed by atoms with Crippen molar-refractivity contribution in [2.75, 3.05) is 0 Å². The molecule has 2 nitrogen and oxygen atoms in total. The average molecular weight is 190 g/mol. The van der Waals surface area contributed by atoms with Gasteiger partial charge in [0.25, 0.3) is 0 Å². The summed E-state index contributed by atoms with van der Waals surface area (Å²) >= 11 is 5.77. The molecule has 1 N–H and O–H groups in total. The maximum Gasteiger partial charge on any atom is 0.148 e. The molecule has 1 aliphatic carbocycles. The normalized spacial score (nSPS) is 23.2. The molecule has 0 aromatic carbocycles. The van der Waals surface area contributed by atoms with Crippen LogP contribution in [-0.2, 0) is 0 Å². The lowest BCUT2D eigenvalue weighted by molar-refractivity contribution is 0.314. The van der Waals surface area contributed by atoms with E-state index in [0.717, 1.165) is 12.8 Å². The van der Waals surface area contributed by atoms with Crippen molar-refractivity contribution in [1.29, 1.82) is 0 Å². The Morgan fingerprint density at radius 1 is 1.08 bits per heavy atom. The van der Waals surface area contributed by atoms with Crippen LogP contribution in [0.3, 0.4) is 0 Å². The summed E-state index contributed by atoms with van der Waals surface area (Å²) in [6.07, 6.45) is 8.55. The van der Waals surface area contributed by atoms with Gasteiger partial charge in [-0.1, -0.05) is 48.9 Å². The summed E-state index contributed by atoms with van der Waals surface area (Å²) in [5.74, 6) is 0.317. The summed E-state index contributed by atoms with van der Waals surface area (Å²) in [6.45, 7) is 0. The van der Waals surface area contributed by atoms with Crippen LogP contribution in [0.25, 0.3) is 0 Å². The zero-order chi connectivity index (χ0) is 8.81. The first-order valence-electron chi connectivity index (χ1n) is 4.72. The van der Waals surface area contributed by atoms with Gasteiger partial charge >= 0.3 is 0 Å². The van der Waals surface area contributed by atoms with Crippen molar-refractivity contribution >= 4 is 16.8 Å². The van der Waals surface area contributed by atoms with E-state index in [-0.39, 0.29) is 0 Å². The highest BCUT2D eigenvalue weighted by molar-refractivity contribution is 6.65. The molecule has 0 spiro atoms.